The van der Waals surface area contributed by atoms with E-state index in [9.17, 15) is 14.4 Å². The standard InChI is InChI=1S/C25H33IN7O3P/c1-17(2)12-13-18-23-24(28-16-27-18)33(37-26)20(30-23)15-32-14-8-9-19(25(32)36)29-21(34)10-6-5-7-11-22(35)31(3)4/h7-9,11,14,16-17,37H,5-6,10,12-13,15H2,1-4H3,(H,29,34)/b11-7+. The van der Waals surface area contributed by atoms with Crippen molar-refractivity contribution in [2.24, 2.45) is 5.92 Å². The third kappa shape index (κ3) is 7.91. The molecule has 0 aliphatic carbocycles. The van der Waals surface area contributed by atoms with Crippen LogP contribution < -0.4 is 10.9 Å². The van der Waals surface area contributed by atoms with Crippen LogP contribution in [0.5, 0.6) is 0 Å². The summed E-state index contributed by atoms with van der Waals surface area (Å²) in [5.41, 5.74) is 2.40. The summed E-state index contributed by atoms with van der Waals surface area (Å²) in [7, 11) is 3.37. The molecule has 12 heteroatoms. The average Bonchev–Trinajstić information content (AvgIpc) is 3.22. The second kappa shape index (κ2) is 13.8. The van der Waals surface area contributed by atoms with E-state index >= 15 is 0 Å². The topological polar surface area (TPSA) is 115 Å². The van der Waals surface area contributed by atoms with Crippen molar-refractivity contribution in [1.29, 1.82) is 0 Å². The van der Waals surface area contributed by atoms with Gasteiger partial charge in [0.2, 0.25) is 11.8 Å². The maximum absolute atomic E-state index is 13.1. The molecule has 1 atom stereocenters. The lowest BCUT2D eigenvalue weighted by Gasteiger charge is -2.10. The summed E-state index contributed by atoms with van der Waals surface area (Å²) in [5.74, 6) is 0.940. The van der Waals surface area contributed by atoms with Gasteiger partial charge in [-0.3, -0.25) is 18.7 Å². The summed E-state index contributed by atoms with van der Waals surface area (Å²) >= 11 is 2.29. The molecule has 0 aromatic carbocycles. The molecule has 0 aliphatic heterocycles. The number of rotatable bonds is 12. The minimum atomic E-state index is -0.297. The Morgan fingerprint density at radius 2 is 2.05 bits per heavy atom. The van der Waals surface area contributed by atoms with Crippen molar-refractivity contribution < 1.29 is 9.59 Å². The van der Waals surface area contributed by atoms with Crippen molar-refractivity contribution in [2.75, 3.05) is 19.4 Å². The average molecular weight is 637 g/mol. The third-order valence-electron chi connectivity index (χ3n) is 5.71. The molecule has 0 saturated carbocycles. The van der Waals surface area contributed by atoms with Gasteiger partial charge in [0.25, 0.3) is 5.56 Å². The Morgan fingerprint density at radius 1 is 1.27 bits per heavy atom. The van der Waals surface area contributed by atoms with Gasteiger partial charge in [-0.25, -0.2) is 15.0 Å². The molecule has 2 amide bonds. The lowest BCUT2D eigenvalue weighted by Crippen LogP contribution is -2.26. The van der Waals surface area contributed by atoms with E-state index in [-0.39, 0.29) is 36.0 Å². The van der Waals surface area contributed by atoms with E-state index in [1.807, 2.05) is 4.34 Å². The van der Waals surface area contributed by atoms with E-state index < -0.39 is 0 Å². The molecule has 37 heavy (non-hydrogen) atoms. The molecule has 198 valence electrons. The van der Waals surface area contributed by atoms with Gasteiger partial charge in [0.1, 0.15) is 23.4 Å². The second-order valence-electron chi connectivity index (χ2n) is 9.30. The monoisotopic (exact) mass is 637 g/mol. The number of unbranched alkanes of at least 4 members (excludes halogenated alkanes) is 1. The number of carbonyl (C=O) groups is 2. The number of carbonyl (C=O) groups excluding carboxylic acids is 2. The van der Waals surface area contributed by atoms with E-state index in [1.165, 1.54) is 11.0 Å². The quantitative estimate of drug-likeness (QED) is 0.138. The zero-order valence-electron chi connectivity index (χ0n) is 21.6. The molecule has 0 spiro atoms. The highest BCUT2D eigenvalue weighted by Gasteiger charge is 2.17. The molecule has 10 nitrogen and oxygen atoms in total. The SMILES string of the molecule is CC(C)CCc1ncnc2c1nc(Cn1cccc(NC(=O)CCC/C=C/C(=O)N(C)C)c1=O)n2PI. The number of nitrogens with zero attached hydrogens (tertiary/aromatic N) is 6. The number of imidazole rings is 1. The highest BCUT2D eigenvalue weighted by atomic mass is 127. The molecule has 3 heterocycles. The minimum Gasteiger partial charge on any atom is -0.345 e. The summed E-state index contributed by atoms with van der Waals surface area (Å²) in [4.78, 5) is 52.3. The number of likely N-dealkylation sites (N-methyl/N-ethyl adjacent to an activating group) is 1. The van der Waals surface area contributed by atoms with Gasteiger partial charge in [0.15, 0.2) is 5.65 Å². The van der Waals surface area contributed by atoms with Gasteiger partial charge in [0, 0.05) is 26.7 Å². The number of aromatic nitrogens is 5. The van der Waals surface area contributed by atoms with Gasteiger partial charge < -0.3 is 14.8 Å². The molecular formula is C25H33IN7O3P. The molecular weight excluding hydrogens is 604 g/mol. The van der Waals surface area contributed by atoms with Crippen LogP contribution >= 0.6 is 28.4 Å². The van der Waals surface area contributed by atoms with E-state index in [0.29, 0.717) is 25.1 Å². The predicted molar refractivity (Wildman–Crippen MR) is 156 cm³/mol. The van der Waals surface area contributed by atoms with Crippen molar-refractivity contribution in [3.8, 4) is 0 Å². The molecule has 0 aliphatic rings. The van der Waals surface area contributed by atoms with Gasteiger partial charge in [-0.15, -0.1) is 0 Å². The smallest absolute Gasteiger partial charge is 0.274 e. The summed E-state index contributed by atoms with van der Waals surface area (Å²) < 4.78 is 3.56. The van der Waals surface area contributed by atoms with E-state index in [2.05, 4.69) is 51.2 Å². The van der Waals surface area contributed by atoms with Crippen LogP contribution in [0.15, 0.2) is 41.6 Å². The Bertz CT molecular complexity index is 1330. The first-order chi connectivity index (χ1) is 17.7. The minimum absolute atomic E-state index is 0.0928. The summed E-state index contributed by atoms with van der Waals surface area (Å²) in [6.45, 7) is 4.61. The number of aryl methyl sites for hydroxylation is 1. The van der Waals surface area contributed by atoms with Crippen LogP contribution in [0, 0.1) is 5.92 Å². The normalized spacial score (nSPS) is 11.8. The van der Waals surface area contributed by atoms with E-state index in [0.717, 1.165) is 35.5 Å². The Hall–Kier alpha value is -2.66. The largest absolute Gasteiger partial charge is 0.345 e. The van der Waals surface area contributed by atoms with Crippen molar-refractivity contribution in [3.05, 3.63) is 58.7 Å². The van der Waals surface area contributed by atoms with Crippen LogP contribution in [-0.2, 0) is 22.6 Å². The lowest BCUT2D eigenvalue weighted by molar-refractivity contribution is -0.123. The van der Waals surface area contributed by atoms with Gasteiger partial charge in [-0.1, -0.05) is 19.9 Å². The van der Waals surface area contributed by atoms with Crippen molar-refractivity contribution >= 4 is 57.1 Å². The van der Waals surface area contributed by atoms with Crippen LogP contribution in [-0.4, -0.2) is 54.7 Å². The zero-order valence-corrected chi connectivity index (χ0v) is 24.7. The molecule has 0 saturated heterocycles. The number of fused-ring (bicyclic) bond motifs is 1. The first-order valence-electron chi connectivity index (χ1n) is 12.2. The Labute approximate surface area is 231 Å². The van der Waals surface area contributed by atoms with Gasteiger partial charge >= 0.3 is 0 Å². The van der Waals surface area contributed by atoms with Crippen LogP contribution in [0.25, 0.3) is 11.2 Å². The number of hydrogen-bond donors (Lipinski definition) is 1. The first kappa shape index (κ1) is 28.9. The van der Waals surface area contributed by atoms with Crippen molar-refractivity contribution in [2.45, 2.75) is 52.5 Å². The van der Waals surface area contributed by atoms with Crippen LogP contribution in [0.2, 0.25) is 0 Å². The molecule has 0 radical (unpaired) electrons. The number of amides is 2. The number of nitrogens with one attached hydrogen (secondary N) is 1. The number of anilines is 1. The lowest BCUT2D eigenvalue weighted by atomic mass is 10.1. The Balaban J connectivity index is 1.71. The maximum Gasteiger partial charge on any atom is 0.274 e. The molecule has 3 aromatic heterocycles. The van der Waals surface area contributed by atoms with E-state index in [4.69, 9.17) is 4.98 Å². The molecule has 0 bridgehead atoms. The second-order valence-corrected chi connectivity index (χ2v) is 11.4. The predicted octanol–water partition coefficient (Wildman–Crippen LogP) is 4.17. The Kier molecular flexibility index (Phi) is 10.7. The fraction of sp³-hybridized carbons (Fsp3) is 0.440. The molecule has 1 unspecified atom stereocenters. The molecule has 0 fully saturated rings. The fourth-order valence-corrected chi connectivity index (χ4v) is 5.61. The van der Waals surface area contributed by atoms with Crippen LogP contribution in [0.1, 0.15) is 51.0 Å². The van der Waals surface area contributed by atoms with Gasteiger partial charge in [0.05, 0.1) is 18.6 Å². The Morgan fingerprint density at radius 3 is 2.76 bits per heavy atom. The summed E-state index contributed by atoms with van der Waals surface area (Å²) in [6, 6.07) is 3.34. The maximum atomic E-state index is 13.1. The van der Waals surface area contributed by atoms with Crippen LogP contribution in [0.4, 0.5) is 5.69 Å². The van der Waals surface area contributed by atoms with Gasteiger partial charge in [-0.2, -0.15) is 0 Å². The first-order valence-corrected chi connectivity index (χ1v) is 16.2. The van der Waals surface area contributed by atoms with Crippen molar-refractivity contribution in [1.82, 2.24) is 28.8 Å². The van der Waals surface area contributed by atoms with Gasteiger partial charge in [-0.05, 0) is 71.9 Å². The summed E-state index contributed by atoms with van der Waals surface area (Å²) in [6.07, 6.45) is 10.1. The number of halogens is 1. The van der Waals surface area contributed by atoms with Crippen LogP contribution in [0.3, 0.4) is 0 Å². The zero-order chi connectivity index (χ0) is 26.9. The van der Waals surface area contributed by atoms with Crippen molar-refractivity contribution in [3.63, 3.8) is 0 Å². The van der Waals surface area contributed by atoms with E-state index in [1.54, 1.807) is 49.4 Å². The number of hydrogen-bond acceptors (Lipinski definition) is 6. The fourth-order valence-electron chi connectivity index (χ4n) is 3.62. The molecule has 3 rings (SSSR count). The number of allylic oxidation sites excluding steroid dienone is 1. The third-order valence-corrected chi connectivity index (χ3v) is 7.80. The highest BCUT2D eigenvalue weighted by molar-refractivity contribution is 14.2. The number of pyridine rings is 1. The summed E-state index contributed by atoms with van der Waals surface area (Å²) in [5, 5.41) is 2.73. The molecule has 1 N–H and O–H groups in total. The molecule has 3 aromatic rings. The highest BCUT2D eigenvalue weighted by Crippen LogP contribution is 2.31.